The highest BCUT2D eigenvalue weighted by atomic mass is 35.5. The van der Waals surface area contributed by atoms with Crippen LogP contribution in [-0.2, 0) is 4.79 Å². The number of carbonyl (C=O) groups is 1. The van der Waals surface area contributed by atoms with Crippen molar-refractivity contribution in [3.63, 3.8) is 0 Å². The van der Waals surface area contributed by atoms with E-state index in [4.69, 9.17) is 11.6 Å². The summed E-state index contributed by atoms with van der Waals surface area (Å²) in [4.78, 5) is 11.1. The Morgan fingerprint density at radius 2 is 1.92 bits per heavy atom. The van der Waals surface area contributed by atoms with E-state index < -0.39 is 0 Å². The molecule has 1 aliphatic carbocycles. The van der Waals surface area contributed by atoms with Crippen LogP contribution in [0, 0.1) is 5.92 Å². The van der Waals surface area contributed by atoms with Gasteiger partial charge in [-0.25, -0.2) is 0 Å². The number of rotatable bonds is 0. The molecule has 2 aliphatic rings. The molecule has 1 aliphatic heterocycles. The van der Waals surface area contributed by atoms with Crippen molar-refractivity contribution in [2.24, 2.45) is 5.92 Å². The quantitative estimate of drug-likeness (QED) is 0.353. The van der Waals surface area contributed by atoms with Crippen LogP contribution < -0.4 is 5.32 Å². The van der Waals surface area contributed by atoms with Gasteiger partial charge in [-0.1, -0.05) is 36.5 Å². The standard InChI is InChI=1S/C10H10ClNO/c11-7-3-1-2-4-9-8(6-5-7)10(13)12-9/h1-9H,(H,12,13)/b3-1-,4-2-,6-5-. The molecular formula is C10H10ClNO. The Kier molecular flexibility index (Phi) is 2.23. The van der Waals surface area contributed by atoms with Gasteiger partial charge >= 0.3 is 0 Å². The SMILES string of the molecule is O=C1NC2/C=C\C=C/C(Cl)/C=C\C12. The van der Waals surface area contributed by atoms with Crippen molar-refractivity contribution in [2.75, 3.05) is 0 Å². The molecule has 0 aromatic rings. The van der Waals surface area contributed by atoms with Crippen LogP contribution in [0.5, 0.6) is 0 Å². The Balaban J connectivity index is 2.19. The lowest BCUT2D eigenvalue weighted by Gasteiger charge is -2.32. The Morgan fingerprint density at radius 1 is 1.15 bits per heavy atom. The molecule has 68 valence electrons. The van der Waals surface area contributed by atoms with Crippen molar-refractivity contribution in [1.82, 2.24) is 5.32 Å². The van der Waals surface area contributed by atoms with E-state index in [0.29, 0.717) is 0 Å². The minimum Gasteiger partial charge on any atom is -0.348 e. The second kappa shape index (κ2) is 3.38. The zero-order valence-corrected chi connectivity index (χ0v) is 7.74. The average Bonchev–Trinajstić information content (AvgIpc) is 2.15. The lowest BCUT2D eigenvalue weighted by atomic mass is 9.90. The highest BCUT2D eigenvalue weighted by Crippen LogP contribution is 2.19. The number of hydrogen-bond donors (Lipinski definition) is 1. The van der Waals surface area contributed by atoms with Gasteiger partial charge in [-0.2, -0.15) is 0 Å². The molecular weight excluding hydrogens is 186 g/mol. The number of β-lactam (4-membered cyclic amide) rings is 1. The Labute approximate surface area is 82.0 Å². The topological polar surface area (TPSA) is 29.1 Å². The normalized spacial score (nSPS) is 44.1. The van der Waals surface area contributed by atoms with Crippen LogP contribution in [0.15, 0.2) is 36.5 Å². The fraction of sp³-hybridized carbons (Fsp3) is 0.300. The minimum absolute atomic E-state index is 0.0302. The van der Waals surface area contributed by atoms with Gasteiger partial charge in [0.05, 0.1) is 17.3 Å². The van der Waals surface area contributed by atoms with E-state index in [9.17, 15) is 4.79 Å². The number of allylic oxidation sites excluding steroid dienone is 4. The smallest absolute Gasteiger partial charge is 0.229 e. The van der Waals surface area contributed by atoms with E-state index in [1.165, 1.54) is 0 Å². The van der Waals surface area contributed by atoms with Crippen molar-refractivity contribution >= 4 is 17.5 Å². The maximum absolute atomic E-state index is 11.1. The fourth-order valence-corrected chi connectivity index (χ4v) is 1.60. The summed E-state index contributed by atoms with van der Waals surface area (Å²) < 4.78 is 0. The predicted octanol–water partition coefficient (Wildman–Crippen LogP) is 1.39. The maximum Gasteiger partial charge on any atom is 0.229 e. The summed E-state index contributed by atoms with van der Waals surface area (Å²) in [6.07, 6.45) is 11.4. The lowest BCUT2D eigenvalue weighted by Crippen LogP contribution is -2.56. The van der Waals surface area contributed by atoms with Gasteiger partial charge in [0.25, 0.3) is 0 Å². The first-order valence-electron chi connectivity index (χ1n) is 4.25. The minimum atomic E-state index is -0.114. The number of carbonyl (C=O) groups excluding carboxylic acids is 1. The maximum atomic E-state index is 11.1. The van der Waals surface area contributed by atoms with Gasteiger partial charge in [0.2, 0.25) is 5.91 Å². The third-order valence-electron chi connectivity index (χ3n) is 2.23. The summed E-state index contributed by atoms with van der Waals surface area (Å²) in [7, 11) is 0. The van der Waals surface area contributed by atoms with Crippen LogP contribution in [0.1, 0.15) is 0 Å². The van der Waals surface area contributed by atoms with Crippen molar-refractivity contribution in [1.29, 1.82) is 0 Å². The molecule has 3 heteroatoms. The highest BCUT2D eigenvalue weighted by Gasteiger charge is 2.35. The van der Waals surface area contributed by atoms with Crippen LogP contribution in [0.25, 0.3) is 0 Å². The van der Waals surface area contributed by atoms with Crippen molar-refractivity contribution in [2.45, 2.75) is 11.4 Å². The van der Waals surface area contributed by atoms with E-state index in [1.54, 1.807) is 0 Å². The molecule has 3 unspecified atom stereocenters. The first kappa shape index (κ1) is 8.57. The molecule has 0 aromatic heterocycles. The molecule has 0 saturated carbocycles. The van der Waals surface area contributed by atoms with Crippen LogP contribution in [0.4, 0.5) is 0 Å². The third-order valence-corrected chi connectivity index (χ3v) is 2.52. The van der Waals surface area contributed by atoms with Crippen molar-refractivity contribution in [3.8, 4) is 0 Å². The first-order chi connectivity index (χ1) is 6.27. The Hall–Kier alpha value is -1.02. The molecule has 1 fully saturated rings. The molecule has 1 saturated heterocycles. The Morgan fingerprint density at radius 3 is 2.69 bits per heavy atom. The zero-order chi connectivity index (χ0) is 9.26. The summed E-state index contributed by atoms with van der Waals surface area (Å²) in [5.74, 6) is 0.0501. The van der Waals surface area contributed by atoms with E-state index in [1.807, 2.05) is 36.5 Å². The number of nitrogens with one attached hydrogen (secondary N) is 1. The monoisotopic (exact) mass is 195 g/mol. The summed E-state index contributed by atoms with van der Waals surface area (Å²) >= 11 is 5.91. The highest BCUT2D eigenvalue weighted by molar-refractivity contribution is 6.23. The van der Waals surface area contributed by atoms with Gasteiger partial charge in [0, 0.05) is 0 Å². The number of hydrogen-bond acceptors (Lipinski definition) is 1. The molecule has 0 bridgehead atoms. The van der Waals surface area contributed by atoms with Crippen LogP contribution in [-0.4, -0.2) is 17.3 Å². The first-order valence-corrected chi connectivity index (χ1v) is 4.69. The molecule has 0 aromatic carbocycles. The van der Waals surface area contributed by atoms with E-state index in [0.717, 1.165) is 0 Å². The summed E-state index contributed by atoms with van der Waals surface area (Å²) in [6.45, 7) is 0. The third kappa shape index (κ3) is 1.68. The molecule has 2 nitrogen and oxygen atoms in total. The molecule has 1 N–H and O–H groups in total. The number of amides is 1. The van der Waals surface area contributed by atoms with Gasteiger partial charge in [0.1, 0.15) is 0 Å². The van der Waals surface area contributed by atoms with Gasteiger partial charge in [-0.15, -0.1) is 11.6 Å². The number of halogens is 1. The second-order valence-electron chi connectivity index (χ2n) is 3.16. The molecule has 1 heterocycles. The summed E-state index contributed by atoms with van der Waals surface area (Å²) in [6, 6.07) is 0.148. The average molecular weight is 196 g/mol. The van der Waals surface area contributed by atoms with E-state index in [2.05, 4.69) is 5.32 Å². The summed E-state index contributed by atoms with van der Waals surface area (Å²) in [5, 5.41) is 2.69. The van der Waals surface area contributed by atoms with Crippen LogP contribution >= 0.6 is 11.6 Å². The molecule has 0 spiro atoms. The van der Waals surface area contributed by atoms with E-state index in [-0.39, 0.29) is 23.2 Å². The van der Waals surface area contributed by atoms with E-state index >= 15 is 0 Å². The molecule has 1 amide bonds. The van der Waals surface area contributed by atoms with Crippen molar-refractivity contribution in [3.05, 3.63) is 36.5 Å². The van der Waals surface area contributed by atoms with Crippen molar-refractivity contribution < 1.29 is 4.79 Å². The largest absolute Gasteiger partial charge is 0.348 e. The molecule has 0 radical (unpaired) electrons. The fourth-order valence-electron chi connectivity index (χ4n) is 1.44. The molecule has 3 atom stereocenters. The van der Waals surface area contributed by atoms with Gasteiger partial charge in [-0.3, -0.25) is 4.79 Å². The lowest BCUT2D eigenvalue weighted by molar-refractivity contribution is -0.131. The number of fused-ring (bicyclic) bond motifs is 1. The number of alkyl halides is 1. The predicted molar refractivity (Wildman–Crippen MR) is 52.5 cm³/mol. The van der Waals surface area contributed by atoms with Crippen LogP contribution in [0.3, 0.4) is 0 Å². The second-order valence-corrected chi connectivity index (χ2v) is 3.66. The molecule has 13 heavy (non-hydrogen) atoms. The Bertz CT molecular complexity index is 306. The summed E-state index contributed by atoms with van der Waals surface area (Å²) in [5.41, 5.74) is 0. The van der Waals surface area contributed by atoms with Gasteiger partial charge in [-0.05, 0) is 0 Å². The van der Waals surface area contributed by atoms with Gasteiger partial charge < -0.3 is 5.32 Å². The molecule has 2 rings (SSSR count). The zero-order valence-electron chi connectivity index (χ0n) is 6.98. The van der Waals surface area contributed by atoms with Gasteiger partial charge in [0.15, 0.2) is 0 Å². The van der Waals surface area contributed by atoms with Crippen LogP contribution in [0.2, 0.25) is 0 Å².